The van der Waals surface area contributed by atoms with Crippen molar-refractivity contribution in [3.8, 4) is 0 Å². The maximum Gasteiger partial charge on any atom is 0.0695 e. The van der Waals surface area contributed by atoms with Crippen LogP contribution in [0.1, 0.15) is 52.4 Å². The Morgan fingerprint density at radius 1 is 1.27 bits per heavy atom. The maximum atomic E-state index is 10.1. The highest BCUT2D eigenvalue weighted by Crippen LogP contribution is 2.34. The molecular weight excluding hydrogens is 186 g/mol. The van der Waals surface area contributed by atoms with E-state index in [1.54, 1.807) is 0 Å². The minimum atomic E-state index is -0.123. The van der Waals surface area contributed by atoms with Gasteiger partial charge in [0.15, 0.2) is 0 Å². The van der Waals surface area contributed by atoms with Crippen LogP contribution in [0.15, 0.2) is 0 Å². The summed E-state index contributed by atoms with van der Waals surface area (Å²) in [5, 5.41) is 13.5. The molecule has 1 fully saturated rings. The van der Waals surface area contributed by atoms with Crippen LogP contribution < -0.4 is 5.32 Å². The standard InChI is InChI=1S/C13H27NO/c1-3-9-14-10-13(15)12-8-6-5-7-11(12)4-2/h11-15H,3-10H2,1-2H3. The van der Waals surface area contributed by atoms with E-state index >= 15 is 0 Å². The summed E-state index contributed by atoms with van der Waals surface area (Å²) in [6, 6.07) is 0. The molecule has 0 radical (unpaired) electrons. The molecule has 2 heteroatoms. The average molecular weight is 213 g/mol. The molecule has 2 nitrogen and oxygen atoms in total. The summed E-state index contributed by atoms with van der Waals surface area (Å²) in [6.45, 7) is 6.24. The number of nitrogens with one attached hydrogen (secondary N) is 1. The Morgan fingerprint density at radius 3 is 2.67 bits per heavy atom. The molecule has 0 bridgehead atoms. The molecule has 0 aromatic carbocycles. The Morgan fingerprint density at radius 2 is 2.00 bits per heavy atom. The smallest absolute Gasteiger partial charge is 0.0695 e. The largest absolute Gasteiger partial charge is 0.392 e. The van der Waals surface area contributed by atoms with E-state index in [0.29, 0.717) is 5.92 Å². The summed E-state index contributed by atoms with van der Waals surface area (Å²) in [4.78, 5) is 0. The predicted octanol–water partition coefficient (Wildman–Crippen LogP) is 2.56. The van der Waals surface area contributed by atoms with Crippen LogP contribution in [0, 0.1) is 11.8 Å². The molecule has 1 rings (SSSR count). The van der Waals surface area contributed by atoms with Crippen LogP contribution in [0.2, 0.25) is 0 Å². The predicted molar refractivity (Wildman–Crippen MR) is 64.9 cm³/mol. The van der Waals surface area contributed by atoms with Crippen molar-refractivity contribution in [2.75, 3.05) is 13.1 Å². The summed E-state index contributed by atoms with van der Waals surface area (Å²) in [6.07, 6.45) is 7.49. The number of hydrogen-bond acceptors (Lipinski definition) is 2. The SMILES string of the molecule is CCCNCC(O)C1CCCCC1CC. The molecule has 3 atom stereocenters. The van der Waals surface area contributed by atoms with Crippen molar-refractivity contribution >= 4 is 0 Å². The Kier molecular flexibility index (Phi) is 6.26. The third kappa shape index (κ3) is 4.12. The number of aliphatic hydroxyl groups is 1. The highest BCUT2D eigenvalue weighted by molar-refractivity contribution is 4.81. The van der Waals surface area contributed by atoms with Crippen molar-refractivity contribution in [2.24, 2.45) is 11.8 Å². The van der Waals surface area contributed by atoms with Crippen molar-refractivity contribution in [1.82, 2.24) is 5.32 Å². The minimum absolute atomic E-state index is 0.123. The second-order valence-electron chi connectivity index (χ2n) is 4.89. The highest BCUT2D eigenvalue weighted by Gasteiger charge is 2.29. The van der Waals surface area contributed by atoms with Crippen LogP contribution in [0.4, 0.5) is 0 Å². The summed E-state index contributed by atoms with van der Waals surface area (Å²) in [5.74, 6) is 1.31. The van der Waals surface area contributed by atoms with Gasteiger partial charge in [-0.1, -0.05) is 39.5 Å². The molecule has 90 valence electrons. The highest BCUT2D eigenvalue weighted by atomic mass is 16.3. The number of hydrogen-bond donors (Lipinski definition) is 2. The maximum absolute atomic E-state index is 10.1. The van der Waals surface area contributed by atoms with Gasteiger partial charge in [0.25, 0.3) is 0 Å². The lowest BCUT2D eigenvalue weighted by atomic mass is 9.75. The molecule has 0 amide bonds. The zero-order valence-corrected chi connectivity index (χ0v) is 10.3. The first kappa shape index (κ1) is 13.0. The third-order valence-electron chi connectivity index (χ3n) is 3.77. The molecule has 2 N–H and O–H groups in total. The van der Waals surface area contributed by atoms with E-state index in [-0.39, 0.29) is 6.10 Å². The molecule has 0 heterocycles. The molecule has 0 saturated heterocycles. The van der Waals surface area contributed by atoms with Crippen molar-refractivity contribution in [1.29, 1.82) is 0 Å². The van der Waals surface area contributed by atoms with Gasteiger partial charge in [-0.2, -0.15) is 0 Å². The lowest BCUT2D eigenvalue weighted by Crippen LogP contribution is -2.38. The van der Waals surface area contributed by atoms with E-state index in [9.17, 15) is 5.11 Å². The van der Waals surface area contributed by atoms with Gasteiger partial charge in [-0.05, 0) is 31.2 Å². The molecular formula is C13H27NO. The van der Waals surface area contributed by atoms with Gasteiger partial charge in [0.1, 0.15) is 0 Å². The fourth-order valence-corrected chi connectivity index (χ4v) is 2.83. The molecule has 0 aromatic rings. The average Bonchev–Trinajstić information content (AvgIpc) is 2.29. The molecule has 1 saturated carbocycles. The summed E-state index contributed by atoms with van der Waals surface area (Å²) >= 11 is 0. The van der Waals surface area contributed by atoms with Crippen molar-refractivity contribution in [3.05, 3.63) is 0 Å². The molecule has 15 heavy (non-hydrogen) atoms. The molecule has 1 aliphatic carbocycles. The second-order valence-corrected chi connectivity index (χ2v) is 4.89. The van der Waals surface area contributed by atoms with Gasteiger partial charge in [-0.3, -0.25) is 0 Å². The van der Waals surface area contributed by atoms with Crippen LogP contribution in [-0.2, 0) is 0 Å². The monoisotopic (exact) mass is 213 g/mol. The van der Waals surface area contributed by atoms with E-state index in [4.69, 9.17) is 0 Å². The fourth-order valence-electron chi connectivity index (χ4n) is 2.83. The van der Waals surface area contributed by atoms with Crippen molar-refractivity contribution in [3.63, 3.8) is 0 Å². The van der Waals surface area contributed by atoms with E-state index < -0.39 is 0 Å². The van der Waals surface area contributed by atoms with Crippen molar-refractivity contribution in [2.45, 2.75) is 58.5 Å². The first-order valence-corrected chi connectivity index (χ1v) is 6.68. The van der Waals surface area contributed by atoms with Crippen molar-refractivity contribution < 1.29 is 5.11 Å². The van der Waals surface area contributed by atoms with E-state index in [1.807, 2.05) is 0 Å². The first-order chi connectivity index (χ1) is 7.29. The van der Waals surface area contributed by atoms with E-state index in [1.165, 1.54) is 32.1 Å². The molecule has 1 aliphatic rings. The third-order valence-corrected chi connectivity index (χ3v) is 3.77. The Balaban J connectivity index is 2.31. The zero-order chi connectivity index (χ0) is 11.1. The lowest BCUT2D eigenvalue weighted by Gasteiger charge is -2.34. The van der Waals surface area contributed by atoms with Crippen LogP contribution in [0.5, 0.6) is 0 Å². The van der Waals surface area contributed by atoms with Crippen LogP contribution in [0.25, 0.3) is 0 Å². The topological polar surface area (TPSA) is 32.3 Å². The fraction of sp³-hybridized carbons (Fsp3) is 1.00. The Bertz CT molecular complexity index is 161. The Hall–Kier alpha value is -0.0800. The van der Waals surface area contributed by atoms with Gasteiger partial charge in [0.05, 0.1) is 6.10 Å². The summed E-state index contributed by atoms with van der Waals surface area (Å²) < 4.78 is 0. The van der Waals surface area contributed by atoms with Gasteiger partial charge < -0.3 is 10.4 Å². The van der Waals surface area contributed by atoms with Gasteiger partial charge in [0.2, 0.25) is 0 Å². The molecule has 0 aromatic heterocycles. The normalized spacial score (nSPS) is 29.0. The minimum Gasteiger partial charge on any atom is -0.392 e. The molecule has 0 spiro atoms. The first-order valence-electron chi connectivity index (χ1n) is 6.68. The van der Waals surface area contributed by atoms with Crippen LogP contribution in [-0.4, -0.2) is 24.3 Å². The van der Waals surface area contributed by atoms with Crippen LogP contribution in [0.3, 0.4) is 0 Å². The summed E-state index contributed by atoms with van der Waals surface area (Å²) in [5.41, 5.74) is 0. The Labute approximate surface area is 94.5 Å². The molecule has 0 aliphatic heterocycles. The van der Waals surface area contributed by atoms with E-state index in [2.05, 4.69) is 19.2 Å². The second kappa shape index (κ2) is 7.24. The van der Waals surface area contributed by atoms with Gasteiger partial charge >= 0.3 is 0 Å². The van der Waals surface area contributed by atoms with E-state index in [0.717, 1.165) is 25.4 Å². The number of rotatable bonds is 6. The lowest BCUT2D eigenvalue weighted by molar-refractivity contribution is 0.0464. The quantitative estimate of drug-likeness (QED) is 0.665. The molecule has 3 unspecified atom stereocenters. The van der Waals surface area contributed by atoms with Gasteiger partial charge in [-0.25, -0.2) is 0 Å². The summed E-state index contributed by atoms with van der Waals surface area (Å²) in [7, 11) is 0. The zero-order valence-electron chi connectivity index (χ0n) is 10.3. The van der Waals surface area contributed by atoms with Crippen LogP contribution >= 0.6 is 0 Å². The number of aliphatic hydroxyl groups excluding tert-OH is 1. The van der Waals surface area contributed by atoms with Gasteiger partial charge in [-0.15, -0.1) is 0 Å². The van der Waals surface area contributed by atoms with Gasteiger partial charge in [0, 0.05) is 6.54 Å².